The summed E-state index contributed by atoms with van der Waals surface area (Å²) in [6.45, 7) is 0. The molecule has 1 heterocycles. The highest BCUT2D eigenvalue weighted by Crippen LogP contribution is 2.30. The summed E-state index contributed by atoms with van der Waals surface area (Å²) in [5, 5.41) is 11.6. The molecule has 15 heavy (non-hydrogen) atoms. The average molecular weight is 222 g/mol. The maximum Gasteiger partial charge on any atom is 0.228 e. The zero-order valence-electron chi connectivity index (χ0n) is 7.83. The normalized spacial score (nSPS) is 14.4. The predicted octanol–water partition coefficient (Wildman–Crippen LogP) is 1.96. The van der Waals surface area contributed by atoms with Gasteiger partial charge >= 0.3 is 0 Å². The third kappa shape index (κ3) is 2.25. The zero-order valence-corrected chi connectivity index (χ0v) is 8.58. The van der Waals surface area contributed by atoms with Crippen LogP contribution in [0.2, 0.25) is 5.02 Å². The number of pyridine rings is 1. The van der Waals surface area contributed by atoms with E-state index in [-0.39, 0.29) is 11.8 Å². The smallest absolute Gasteiger partial charge is 0.228 e. The Morgan fingerprint density at radius 1 is 1.67 bits per heavy atom. The fraction of sp³-hybridized carbons (Fsp3) is 0.300. The zero-order chi connectivity index (χ0) is 10.8. The van der Waals surface area contributed by atoms with Crippen LogP contribution in [0.1, 0.15) is 18.4 Å². The lowest BCUT2D eigenvalue weighted by Crippen LogP contribution is -2.14. The highest BCUT2D eigenvalue weighted by atomic mass is 35.5. The third-order valence-electron chi connectivity index (χ3n) is 2.17. The van der Waals surface area contributed by atoms with Crippen molar-refractivity contribution < 1.29 is 4.79 Å². The molecule has 0 radical (unpaired) electrons. The molecule has 76 valence electrons. The van der Waals surface area contributed by atoms with Crippen LogP contribution in [-0.2, 0) is 4.79 Å². The molecule has 0 aromatic carbocycles. The number of hydrogen-bond donors (Lipinski definition) is 1. The lowest BCUT2D eigenvalue weighted by atomic mass is 10.3. The summed E-state index contributed by atoms with van der Waals surface area (Å²) in [5.41, 5.74) is 0.307. The molecule has 0 saturated heterocycles. The van der Waals surface area contributed by atoms with Crippen molar-refractivity contribution in [2.24, 2.45) is 5.92 Å². The van der Waals surface area contributed by atoms with Gasteiger partial charge in [-0.3, -0.25) is 4.79 Å². The molecule has 0 bridgehead atoms. The molecular formula is C10H8ClN3O. The number of nitrogens with one attached hydrogen (secondary N) is 1. The average Bonchev–Trinajstić information content (AvgIpc) is 3.01. The van der Waals surface area contributed by atoms with Gasteiger partial charge in [-0.25, -0.2) is 4.98 Å². The number of rotatable bonds is 2. The Morgan fingerprint density at radius 2 is 2.40 bits per heavy atom. The first-order valence-electron chi connectivity index (χ1n) is 4.57. The van der Waals surface area contributed by atoms with Gasteiger partial charge in [0.15, 0.2) is 0 Å². The third-order valence-corrected chi connectivity index (χ3v) is 2.49. The van der Waals surface area contributed by atoms with E-state index >= 15 is 0 Å². The quantitative estimate of drug-likeness (QED) is 0.830. The molecule has 1 aliphatic rings. The van der Waals surface area contributed by atoms with Crippen molar-refractivity contribution in [1.29, 1.82) is 5.26 Å². The van der Waals surface area contributed by atoms with E-state index in [9.17, 15) is 4.79 Å². The summed E-state index contributed by atoms with van der Waals surface area (Å²) in [4.78, 5) is 15.3. The van der Waals surface area contributed by atoms with Gasteiger partial charge in [-0.2, -0.15) is 5.26 Å². The van der Waals surface area contributed by atoms with Crippen LogP contribution in [0.5, 0.6) is 0 Å². The van der Waals surface area contributed by atoms with Crippen molar-refractivity contribution >= 4 is 23.3 Å². The summed E-state index contributed by atoms with van der Waals surface area (Å²) >= 11 is 5.79. The van der Waals surface area contributed by atoms with E-state index in [1.807, 2.05) is 6.07 Å². The first-order valence-corrected chi connectivity index (χ1v) is 4.95. The van der Waals surface area contributed by atoms with Crippen LogP contribution in [0, 0.1) is 17.2 Å². The van der Waals surface area contributed by atoms with Gasteiger partial charge in [-0.15, -0.1) is 0 Å². The molecule has 1 N–H and O–H groups in total. The second-order valence-electron chi connectivity index (χ2n) is 3.42. The van der Waals surface area contributed by atoms with Crippen LogP contribution in [0.15, 0.2) is 12.3 Å². The molecule has 2 rings (SSSR count). The molecule has 4 nitrogen and oxygen atoms in total. The van der Waals surface area contributed by atoms with Crippen molar-refractivity contribution in [3.8, 4) is 6.07 Å². The number of carbonyl (C=O) groups is 1. The minimum atomic E-state index is -0.0247. The van der Waals surface area contributed by atoms with Crippen molar-refractivity contribution in [1.82, 2.24) is 4.98 Å². The molecule has 1 aromatic heterocycles. The Labute approximate surface area is 91.9 Å². The number of hydrogen-bond acceptors (Lipinski definition) is 3. The Kier molecular flexibility index (Phi) is 2.57. The number of amides is 1. The van der Waals surface area contributed by atoms with Gasteiger partial charge < -0.3 is 5.32 Å². The fourth-order valence-corrected chi connectivity index (χ4v) is 1.35. The molecular weight excluding hydrogens is 214 g/mol. The van der Waals surface area contributed by atoms with E-state index < -0.39 is 0 Å². The van der Waals surface area contributed by atoms with Crippen LogP contribution in [0.25, 0.3) is 0 Å². The number of halogens is 1. The summed E-state index contributed by atoms with van der Waals surface area (Å²) < 4.78 is 0. The predicted molar refractivity (Wildman–Crippen MR) is 55.3 cm³/mol. The number of nitrogens with zero attached hydrogens (tertiary/aromatic N) is 2. The molecule has 0 unspecified atom stereocenters. The summed E-state index contributed by atoms with van der Waals surface area (Å²) in [7, 11) is 0. The molecule has 1 saturated carbocycles. The minimum Gasteiger partial charge on any atom is -0.310 e. The fourth-order valence-electron chi connectivity index (χ4n) is 1.16. The van der Waals surface area contributed by atoms with Crippen molar-refractivity contribution in [3.63, 3.8) is 0 Å². The molecule has 0 atom stereocenters. The highest BCUT2D eigenvalue weighted by Gasteiger charge is 2.29. The number of carbonyl (C=O) groups excluding carboxylic acids is 1. The van der Waals surface area contributed by atoms with E-state index in [4.69, 9.17) is 16.9 Å². The van der Waals surface area contributed by atoms with Crippen LogP contribution in [-0.4, -0.2) is 10.9 Å². The molecule has 5 heteroatoms. The molecule has 1 amide bonds. The Bertz CT molecular complexity index is 448. The molecule has 0 spiro atoms. The van der Waals surface area contributed by atoms with Gasteiger partial charge in [0.05, 0.1) is 10.6 Å². The summed E-state index contributed by atoms with van der Waals surface area (Å²) in [6.07, 6.45) is 3.23. The van der Waals surface area contributed by atoms with Gasteiger partial charge in [-0.05, 0) is 12.8 Å². The highest BCUT2D eigenvalue weighted by molar-refractivity contribution is 6.32. The second-order valence-corrected chi connectivity index (χ2v) is 3.83. The van der Waals surface area contributed by atoms with E-state index in [2.05, 4.69) is 10.3 Å². The van der Waals surface area contributed by atoms with Gasteiger partial charge in [0, 0.05) is 18.2 Å². The standard InChI is InChI=1S/C10H8ClN3O/c11-8-3-9(13-5-7(8)4-12)14-10(15)6-1-2-6/h3,5-6H,1-2H2,(H,13,14,15). The van der Waals surface area contributed by atoms with Crippen molar-refractivity contribution in [3.05, 3.63) is 22.8 Å². The summed E-state index contributed by atoms with van der Waals surface area (Å²) in [6, 6.07) is 3.39. The maximum absolute atomic E-state index is 11.4. The van der Waals surface area contributed by atoms with Crippen LogP contribution >= 0.6 is 11.6 Å². The van der Waals surface area contributed by atoms with Gasteiger partial charge in [0.2, 0.25) is 5.91 Å². The van der Waals surface area contributed by atoms with E-state index in [1.54, 1.807) is 0 Å². The SMILES string of the molecule is N#Cc1cnc(NC(=O)C2CC2)cc1Cl. The van der Waals surface area contributed by atoms with Gasteiger partial charge in [-0.1, -0.05) is 11.6 Å². The molecule has 0 aliphatic heterocycles. The second kappa shape index (κ2) is 3.87. The Morgan fingerprint density at radius 3 is 2.93 bits per heavy atom. The maximum atomic E-state index is 11.4. The molecule has 1 fully saturated rings. The molecule has 1 aromatic rings. The van der Waals surface area contributed by atoms with E-state index in [0.29, 0.717) is 16.4 Å². The van der Waals surface area contributed by atoms with Crippen LogP contribution in [0.4, 0.5) is 5.82 Å². The number of anilines is 1. The first kappa shape index (κ1) is 9.94. The van der Waals surface area contributed by atoms with Crippen molar-refractivity contribution in [2.75, 3.05) is 5.32 Å². The number of aromatic nitrogens is 1. The lowest BCUT2D eigenvalue weighted by molar-refractivity contribution is -0.117. The van der Waals surface area contributed by atoms with E-state index in [0.717, 1.165) is 12.8 Å². The molecule has 1 aliphatic carbocycles. The summed E-state index contributed by atoms with van der Waals surface area (Å²) in [5.74, 6) is 0.500. The van der Waals surface area contributed by atoms with Crippen LogP contribution < -0.4 is 5.32 Å². The van der Waals surface area contributed by atoms with Crippen molar-refractivity contribution in [2.45, 2.75) is 12.8 Å². The Hall–Kier alpha value is -1.60. The minimum absolute atomic E-state index is 0.0247. The van der Waals surface area contributed by atoms with Crippen LogP contribution in [0.3, 0.4) is 0 Å². The van der Waals surface area contributed by atoms with Gasteiger partial charge in [0.1, 0.15) is 11.9 Å². The first-order chi connectivity index (χ1) is 7.20. The van der Waals surface area contributed by atoms with Gasteiger partial charge in [0.25, 0.3) is 0 Å². The number of nitriles is 1. The lowest BCUT2D eigenvalue weighted by Gasteiger charge is -2.03. The monoisotopic (exact) mass is 221 g/mol. The topological polar surface area (TPSA) is 65.8 Å². The largest absolute Gasteiger partial charge is 0.310 e. The van der Waals surface area contributed by atoms with E-state index in [1.165, 1.54) is 12.3 Å². The Balaban J connectivity index is 2.12.